The Bertz CT molecular complexity index is 614. The van der Waals surface area contributed by atoms with Crippen LogP contribution in [0.1, 0.15) is 32.1 Å². The van der Waals surface area contributed by atoms with Crippen molar-refractivity contribution < 1.29 is 37.3 Å². The molecule has 1 unspecified atom stereocenters. The monoisotopic (exact) mass is 349 g/mol. The van der Waals surface area contributed by atoms with E-state index in [2.05, 4.69) is 4.89 Å². The first-order valence-electron chi connectivity index (χ1n) is 7.33. The number of benzene rings is 1. The highest BCUT2D eigenvalue weighted by Gasteiger charge is 2.71. The fourth-order valence-corrected chi connectivity index (χ4v) is 2.68. The predicted octanol–water partition coefficient (Wildman–Crippen LogP) is 3.83. The zero-order valence-corrected chi connectivity index (χ0v) is 12.4. The average molecular weight is 349 g/mol. The van der Waals surface area contributed by atoms with E-state index in [4.69, 9.17) is 14.4 Å². The van der Waals surface area contributed by atoms with Crippen LogP contribution in [0.2, 0.25) is 0 Å². The lowest BCUT2D eigenvalue weighted by atomic mass is 9.94. The highest BCUT2D eigenvalue weighted by Crippen LogP contribution is 2.49. The van der Waals surface area contributed by atoms with Crippen molar-refractivity contribution in [2.75, 3.05) is 0 Å². The van der Waals surface area contributed by atoms with E-state index in [-0.39, 0.29) is 24.3 Å². The van der Waals surface area contributed by atoms with E-state index < -0.39 is 22.9 Å². The van der Waals surface area contributed by atoms with Crippen LogP contribution in [0.15, 0.2) is 24.3 Å². The molecule has 24 heavy (non-hydrogen) atoms. The summed E-state index contributed by atoms with van der Waals surface area (Å²) >= 11 is 0. The Morgan fingerprint density at radius 2 is 1.71 bits per heavy atom. The van der Waals surface area contributed by atoms with Crippen molar-refractivity contribution in [1.29, 1.82) is 0 Å². The average Bonchev–Trinajstić information content (AvgIpc) is 2.88. The van der Waals surface area contributed by atoms with E-state index in [0.717, 1.165) is 30.7 Å². The zero-order valence-electron chi connectivity index (χ0n) is 12.4. The Morgan fingerprint density at radius 1 is 1.08 bits per heavy atom. The van der Waals surface area contributed by atoms with Crippen molar-refractivity contribution in [2.45, 2.75) is 50.0 Å². The summed E-state index contributed by atoms with van der Waals surface area (Å²) in [7, 11) is 0. The van der Waals surface area contributed by atoms with E-state index >= 15 is 0 Å². The molecular formula is C14H14F3NO6. The molecule has 1 saturated carbocycles. The molecular weight excluding hydrogens is 335 g/mol. The molecule has 1 aliphatic heterocycles. The Balaban J connectivity index is 1.84. The molecule has 0 radical (unpaired) electrons. The second kappa shape index (κ2) is 5.87. The van der Waals surface area contributed by atoms with Gasteiger partial charge >= 0.3 is 12.1 Å². The summed E-state index contributed by atoms with van der Waals surface area (Å²) in [5.41, 5.74) is -0.281. The van der Waals surface area contributed by atoms with Crippen LogP contribution in [0.25, 0.3) is 0 Å². The summed E-state index contributed by atoms with van der Waals surface area (Å²) in [5.74, 6) is -5.19. The number of hydrogen-bond acceptors (Lipinski definition) is 6. The first kappa shape index (κ1) is 16.9. The molecule has 1 spiro atoms. The number of hydrogen-bond donors (Lipinski definition) is 0. The third kappa shape index (κ3) is 3.04. The maximum absolute atomic E-state index is 13.5. The maximum Gasteiger partial charge on any atom is 0.489 e. The third-order valence-electron chi connectivity index (χ3n) is 3.89. The van der Waals surface area contributed by atoms with Gasteiger partial charge in [0, 0.05) is 25.0 Å². The van der Waals surface area contributed by atoms with Crippen LogP contribution in [-0.4, -0.2) is 22.9 Å². The minimum atomic E-state index is -5.03. The van der Waals surface area contributed by atoms with Gasteiger partial charge in [-0.1, -0.05) is 6.42 Å². The van der Waals surface area contributed by atoms with Crippen molar-refractivity contribution in [3.8, 4) is 5.75 Å². The van der Waals surface area contributed by atoms with Crippen LogP contribution in [-0.2, 0) is 14.5 Å². The van der Waals surface area contributed by atoms with Crippen molar-refractivity contribution in [1.82, 2.24) is 0 Å². The fraction of sp³-hybridized carbons (Fsp3) is 0.571. The molecule has 1 saturated heterocycles. The van der Waals surface area contributed by atoms with Crippen LogP contribution < -0.4 is 4.74 Å². The van der Waals surface area contributed by atoms with E-state index in [9.17, 15) is 23.3 Å². The number of nitrogens with zero attached hydrogens (tertiary/aromatic N) is 1. The number of halogens is 3. The largest absolute Gasteiger partial charge is 0.489 e. The number of rotatable bonds is 3. The lowest BCUT2D eigenvalue weighted by molar-refractivity contribution is -0.474. The Hall–Kier alpha value is -1.91. The molecule has 0 amide bonds. The Morgan fingerprint density at radius 3 is 2.25 bits per heavy atom. The highest BCUT2D eigenvalue weighted by molar-refractivity contribution is 5.36. The minimum absolute atomic E-state index is 0.258. The molecule has 0 N–H and O–H groups in total. The van der Waals surface area contributed by atoms with E-state index in [1.54, 1.807) is 0 Å². The normalized spacial score (nSPS) is 26.5. The molecule has 10 heteroatoms. The van der Waals surface area contributed by atoms with E-state index in [1.165, 1.54) is 0 Å². The number of ether oxygens (including phenoxy) is 2. The van der Waals surface area contributed by atoms with Gasteiger partial charge in [0.1, 0.15) is 5.75 Å². The lowest BCUT2D eigenvalue weighted by Crippen LogP contribution is -2.53. The van der Waals surface area contributed by atoms with E-state index in [1.807, 2.05) is 0 Å². The van der Waals surface area contributed by atoms with Crippen molar-refractivity contribution in [2.24, 2.45) is 0 Å². The van der Waals surface area contributed by atoms with Crippen LogP contribution in [0.3, 0.4) is 0 Å². The zero-order chi connectivity index (χ0) is 17.4. The van der Waals surface area contributed by atoms with Crippen LogP contribution in [0, 0.1) is 10.1 Å². The summed E-state index contributed by atoms with van der Waals surface area (Å²) < 4.78 is 50.4. The fourth-order valence-electron chi connectivity index (χ4n) is 2.68. The van der Waals surface area contributed by atoms with Gasteiger partial charge in [0.25, 0.3) is 5.69 Å². The SMILES string of the molecule is O=[N+]([O-])c1ccc(OC2(C(F)(F)F)OOC3(CCCCC3)O2)cc1. The molecule has 1 aromatic carbocycles. The molecule has 0 bridgehead atoms. The smallest absolute Gasteiger partial charge is 0.431 e. The molecule has 0 aromatic heterocycles. The summed E-state index contributed by atoms with van der Waals surface area (Å²) in [5, 5.41) is 10.6. The summed E-state index contributed by atoms with van der Waals surface area (Å²) in [6.45, 7) is 0. The predicted molar refractivity (Wildman–Crippen MR) is 71.6 cm³/mol. The van der Waals surface area contributed by atoms with Crippen LogP contribution in [0.5, 0.6) is 5.75 Å². The first-order valence-corrected chi connectivity index (χ1v) is 7.33. The third-order valence-corrected chi connectivity index (χ3v) is 3.89. The summed E-state index contributed by atoms with van der Waals surface area (Å²) in [6.07, 6.45) is -2.35. The molecule has 1 atom stereocenters. The lowest BCUT2D eigenvalue weighted by Gasteiger charge is -2.32. The Kier molecular flexibility index (Phi) is 4.14. The standard InChI is InChI=1S/C14H14F3NO6/c15-13(16,17)14(21-11-6-4-10(5-7-11)18(19)20)22-12(23-24-14)8-2-1-3-9-12/h4-7H,1-3,8-9H2. The molecule has 1 aliphatic carbocycles. The van der Waals surface area contributed by atoms with Gasteiger partial charge in [-0.3, -0.25) is 14.9 Å². The maximum atomic E-state index is 13.5. The Labute approximate surface area is 134 Å². The van der Waals surface area contributed by atoms with Gasteiger partial charge in [-0.25, -0.2) is 0 Å². The number of alkyl halides is 3. The molecule has 1 aromatic rings. The quantitative estimate of drug-likeness (QED) is 0.469. The van der Waals surface area contributed by atoms with Gasteiger partial charge in [-0.15, -0.1) is 4.89 Å². The number of nitro benzene ring substituents is 1. The van der Waals surface area contributed by atoms with Gasteiger partial charge in [-0.05, 0) is 25.0 Å². The second-order valence-electron chi connectivity index (χ2n) is 5.65. The van der Waals surface area contributed by atoms with Gasteiger partial charge in [0.2, 0.25) is 5.79 Å². The molecule has 2 fully saturated rings. The van der Waals surface area contributed by atoms with Crippen LogP contribution in [0.4, 0.5) is 18.9 Å². The molecule has 1 heterocycles. The van der Waals surface area contributed by atoms with Crippen molar-refractivity contribution >= 4 is 5.69 Å². The van der Waals surface area contributed by atoms with Crippen LogP contribution >= 0.6 is 0 Å². The minimum Gasteiger partial charge on any atom is -0.431 e. The van der Waals surface area contributed by atoms with Gasteiger partial charge in [-0.2, -0.15) is 18.1 Å². The second-order valence-corrected chi connectivity index (χ2v) is 5.65. The number of nitro groups is 1. The molecule has 132 valence electrons. The number of non-ortho nitro benzene ring substituents is 1. The molecule has 7 nitrogen and oxygen atoms in total. The van der Waals surface area contributed by atoms with Gasteiger partial charge in [0.05, 0.1) is 4.92 Å². The highest BCUT2D eigenvalue weighted by atomic mass is 19.4. The summed E-state index contributed by atoms with van der Waals surface area (Å²) in [4.78, 5) is 19.3. The van der Waals surface area contributed by atoms with Gasteiger partial charge in [0.15, 0.2) is 0 Å². The van der Waals surface area contributed by atoms with E-state index in [0.29, 0.717) is 12.8 Å². The van der Waals surface area contributed by atoms with Gasteiger partial charge < -0.3 is 4.74 Å². The van der Waals surface area contributed by atoms with Crippen molar-refractivity contribution in [3.63, 3.8) is 0 Å². The first-order chi connectivity index (χ1) is 11.3. The topological polar surface area (TPSA) is 80.1 Å². The molecule has 3 rings (SSSR count). The summed E-state index contributed by atoms with van der Waals surface area (Å²) in [6, 6.07) is 4.10. The van der Waals surface area contributed by atoms with Crippen molar-refractivity contribution in [3.05, 3.63) is 34.4 Å². The molecule has 2 aliphatic rings.